The molecule has 0 bridgehead atoms. The molecule has 0 heterocycles. The molecule has 2 aromatic rings. The molecule has 0 amide bonds. The molecule has 2 aromatic carbocycles. The van der Waals surface area contributed by atoms with Gasteiger partial charge in [-0.05, 0) is 41.8 Å². The molecule has 1 nitrogen and oxygen atoms in total. The Labute approximate surface area is 128 Å². The number of rotatable bonds is 4. The molecular weight excluding hydrogens is 292 g/mol. The minimum absolute atomic E-state index is 0.285. The van der Waals surface area contributed by atoms with E-state index in [1.54, 1.807) is 24.3 Å². The van der Waals surface area contributed by atoms with E-state index in [1.807, 2.05) is 13.8 Å². The molecule has 0 saturated heterocycles. The third kappa shape index (κ3) is 3.60. The van der Waals surface area contributed by atoms with E-state index in [4.69, 9.17) is 17.3 Å². The number of hydrogen-bond donors (Lipinski definition) is 1. The van der Waals surface area contributed by atoms with E-state index in [1.165, 1.54) is 18.2 Å². The number of benzene rings is 2. The lowest BCUT2D eigenvalue weighted by molar-refractivity contribution is 0.401. The third-order valence-electron chi connectivity index (χ3n) is 3.97. The van der Waals surface area contributed by atoms with Crippen LogP contribution in [0.1, 0.15) is 25.0 Å². The molecule has 0 aliphatic carbocycles. The van der Waals surface area contributed by atoms with Crippen LogP contribution in [0.5, 0.6) is 0 Å². The molecule has 21 heavy (non-hydrogen) atoms. The molecule has 0 aliphatic heterocycles. The van der Waals surface area contributed by atoms with Gasteiger partial charge in [0.1, 0.15) is 11.6 Å². The van der Waals surface area contributed by atoms with Crippen LogP contribution >= 0.6 is 11.6 Å². The number of nitrogens with two attached hydrogens (primary N) is 1. The Morgan fingerprint density at radius 3 is 2.29 bits per heavy atom. The highest BCUT2D eigenvalue weighted by molar-refractivity contribution is 6.30. The minimum atomic E-state index is -0.403. The van der Waals surface area contributed by atoms with Gasteiger partial charge in [-0.25, -0.2) is 8.78 Å². The lowest BCUT2D eigenvalue weighted by Crippen LogP contribution is -2.42. The fourth-order valence-electron chi connectivity index (χ4n) is 2.27. The molecule has 112 valence electrons. The van der Waals surface area contributed by atoms with Crippen molar-refractivity contribution in [2.75, 3.05) is 0 Å². The summed E-state index contributed by atoms with van der Waals surface area (Å²) in [5.74, 6) is -0.639. The van der Waals surface area contributed by atoms with Gasteiger partial charge in [-0.1, -0.05) is 43.6 Å². The SMILES string of the molecule is CC(C)(c1ccc(F)cc1)C(N)Cc1ccc(Cl)cc1F. The zero-order valence-corrected chi connectivity index (χ0v) is 12.8. The van der Waals surface area contributed by atoms with Gasteiger partial charge in [-0.3, -0.25) is 0 Å². The summed E-state index contributed by atoms with van der Waals surface area (Å²) in [6, 6.07) is 10.5. The van der Waals surface area contributed by atoms with Crippen molar-refractivity contribution in [3.63, 3.8) is 0 Å². The molecule has 4 heteroatoms. The second kappa shape index (κ2) is 6.12. The first-order chi connectivity index (χ1) is 9.80. The van der Waals surface area contributed by atoms with Crippen molar-refractivity contribution in [1.29, 1.82) is 0 Å². The van der Waals surface area contributed by atoms with Gasteiger partial charge < -0.3 is 5.73 Å². The first-order valence-corrected chi connectivity index (χ1v) is 7.14. The molecule has 0 aromatic heterocycles. The Hall–Kier alpha value is -1.45. The fourth-order valence-corrected chi connectivity index (χ4v) is 2.43. The van der Waals surface area contributed by atoms with Crippen molar-refractivity contribution in [3.8, 4) is 0 Å². The molecule has 0 saturated carbocycles. The first-order valence-electron chi connectivity index (χ1n) is 6.76. The quantitative estimate of drug-likeness (QED) is 0.886. The van der Waals surface area contributed by atoms with Gasteiger partial charge in [0, 0.05) is 16.5 Å². The van der Waals surface area contributed by atoms with Crippen molar-refractivity contribution < 1.29 is 8.78 Å². The molecule has 2 N–H and O–H groups in total. The normalized spacial score (nSPS) is 13.2. The zero-order valence-electron chi connectivity index (χ0n) is 12.0. The molecule has 0 radical (unpaired) electrons. The molecule has 0 spiro atoms. The molecular formula is C17H18ClF2N. The average Bonchev–Trinajstić information content (AvgIpc) is 2.42. The summed E-state index contributed by atoms with van der Waals surface area (Å²) in [7, 11) is 0. The van der Waals surface area contributed by atoms with Gasteiger partial charge in [0.2, 0.25) is 0 Å². The predicted octanol–water partition coefficient (Wildman–Crippen LogP) is 4.47. The summed E-state index contributed by atoms with van der Waals surface area (Å²) in [6.45, 7) is 3.94. The van der Waals surface area contributed by atoms with Crippen molar-refractivity contribution in [3.05, 3.63) is 70.2 Å². The number of hydrogen-bond acceptors (Lipinski definition) is 1. The first kappa shape index (κ1) is 15.9. The van der Waals surface area contributed by atoms with Crippen LogP contribution in [0.15, 0.2) is 42.5 Å². The average molecular weight is 310 g/mol. The maximum absolute atomic E-state index is 13.9. The highest BCUT2D eigenvalue weighted by Gasteiger charge is 2.29. The molecule has 1 unspecified atom stereocenters. The number of halogens is 3. The second-order valence-electron chi connectivity index (χ2n) is 5.77. The van der Waals surface area contributed by atoms with Gasteiger partial charge in [-0.2, -0.15) is 0 Å². The van der Waals surface area contributed by atoms with Crippen LogP contribution in [0, 0.1) is 11.6 Å². The Morgan fingerprint density at radius 2 is 1.71 bits per heavy atom. The molecule has 0 fully saturated rings. The van der Waals surface area contributed by atoms with Crippen molar-refractivity contribution in [2.45, 2.75) is 31.7 Å². The summed E-state index contributed by atoms with van der Waals surface area (Å²) in [5.41, 5.74) is 7.32. The van der Waals surface area contributed by atoms with Crippen LogP contribution in [0.4, 0.5) is 8.78 Å². The largest absolute Gasteiger partial charge is 0.327 e. The molecule has 2 rings (SSSR count). The van der Waals surface area contributed by atoms with Crippen LogP contribution in [0.2, 0.25) is 5.02 Å². The van der Waals surface area contributed by atoms with Gasteiger partial charge in [0.05, 0.1) is 0 Å². The zero-order chi connectivity index (χ0) is 15.6. The standard InChI is InChI=1S/C17H18ClF2N/c1-17(2,12-4-7-14(19)8-5-12)16(21)9-11-3-6-13(18)10-15(11)20/h3-8,10,16H,9,21H2,1-2H3. The van der Waals surface area contributed by atoms with Gasteiger partial charge in [-0.15, -0.1) is 0 Å². The van der Waals surface area contributed by atoms with E-state index in [-0.39, 0.29) is 17.7 Å². The van der Waals surface area contributed by atoms with Crippen LogP contribution in [-0.4, -0.2) is 6.04 Å². The van der Waals surface area contributed by atoms with Gasteiger partial charge in [0.25, 0.3) is 0 Å². The topological polar surface area (TPSA) is 26.0 Å². The van der Waals surface area contributed by atoms with Crippen molar-refractivity contribution in [2.24, 2.45) is 5.73 Å². The molecule has 0 aliphatic rings. The van der Waals surface area contributed by atoms with Crippen LogP contribution in [0.25, 0.3) is 0 Å². The Balaban J connectivity index is 2.21. The van der Waals surface area contributed by atoms with Gasteiger partial charge in [0.15, 0.2) is 0 Å². The monoisotopic (exact) mass is 309 g/mol. The highest BCUT2D eigenvalue weighted by Crippen LogP contribution is 2.29. The summed E-state index contributed by atoms with van der Waals surface area (Å²) in [4.78, 5) is 0. The third-order valence-corrected chi connectivity index (χ3v) is 4.21. The summed E-state index contributed by atoms with van der Waals surface area (Å²) in [6.07, 6.45) is 0.382. The van der Waals surface area contributed by atoms with Crippen LogP contribution in [-0.2, 0) is 11.8 Å². The Morgan fingerprint density at radius 1 is 1.10 bits per heavy atom. The molecule has 1 atom stereocenters. The van der Waals surface area contributed by atoms with Crippen LogP contribution in [0.3, 0.4) is 0 Å². The van der Waals surface area contributed by atoms with Crippen molar-refractivity contribution >= 4 is 11.6 Å². The summed E-state index contributed by atoms with van der Waals surface area (Å²) >= 11 is 5.75. The van der Waals surface area contributed by atoms with Crippen molar-refractivity contribution in [1.82, 2.24) is 0 Å². The van der Waals surface area contributed by atoms with E-state index < -0.39 is 5.41 Å². The van der Waals surface area contributed by atoms with Gasteiger partial charge >= 0.3 is 0 Å². The minimum Gasteiger partial charge on any atom is -0.327 e. The van der Waals surface area contributed by atoms with E-state index in [0.717, 1.165) is 5.56 Å². The Bertz CT molecular complexity index is 623. The Kier molecular flexibility index (Phi) is 4.64. The lowest BCUT2D eigenvalue weighted by atomic mass is 9.76. The lowest BCUT2D eigenvalue weighted by Gasteiger charge is -2.32. The van der Waals surface area contributed by atoms with E-state index in [0.29, 0.717) is 17.0 Å². The van der Waals surface area contributed by atoms with E-state index >= 15 is 0 Å². The highest BCUT2D eigenvalue weighted by atomic mass is 35.5. The summed E-state index contributed by atoms with van der Waals surface area (Å²) in [5, 5.41) is 0.364. The van der Waals surface area contributed by atoms with E-state index in [2.05, 4.69) is 0 Å². The fraction of sp³-hybridized carbons (Fsp3) is 0.294. The van der Waals surface area contributed by atoms with E-state index in [9.17, 15) is 8.78 Å². The smallest absolute Gasteiger partial charge is 0.127 e. The maximum atomic E-state index is 13.9. The van der Waals surface area contributed by atoms with Crippen LogP contribution < -0.4 is 5.73 Å². The second-order valence-corrected chi connectivity index (χ2v) is 6.21. The summed E-state index contributed by atoms with van der Waals surface area (Å²) < 4.78 is 26.9. The predicted molar refractivity (Wildman–Crippen MR) is 82.5 cm³/mol. The maximum Gasteiger partial charge on any atom is 0.127 e.